The van der Waals surface area contributed by atoms with Crippen LogP contribution in [-0.4, -0.2) is 103 Å². The van der Waals surface area contributed by atoms with Gasteiger partial charge in [0, 0.05) is 24.7 Å². The van der Waals surface area contributed by atoms with Crippen LogP contribution in [0.25, 0.3) is 0 Å². The fourth-order valence-electron chi connectivity index (χ4n) is 4.47. The average Bonchev–Trinajstić information content (AvgIpc) is 3.11. The van der Waals surface area contributed by atoms with E-state index in [0.29, 0.717) is 23.4 Å². The molecule has 1 saturated carbocycles. The Balaban J connectivity index is 0.000000484. The van der Waals surface area contributed by atoms with Gasteiger partial charge >= 0.3 is 24.1 Å². The number of carbonyl (C=O) groups excluding carboxylic acids is 4. The van der Waals surface area contributed by atoms with Crippen LogP contribution >= 0.6 is 42.4 Å². The molecule has 1 unspecified atom stereocenters. The molecule has 0 saturated heterocycles. The number of esters is 1. The maximum Gasteiger partial charge on any atom is 0.416 e. The van der Waals surface area contributed by atoms with E-state index >= 15 is 0 Å². The van der Waals surface area contributed by atoms with Crippen LogP contribution in [0.15, 0.2) is 59.5 Å². The Hall–Kier alpha value is -4.05. The zero-order chi connectivity index (χ0) is 47.9. The molecule has 1 aliphatic carbocycles. The maximum atomic E-state index is 12.7. The van der Waals surface area contributed by atoms with Crippen molar-refractivity contribution in [2.45, 2.75) is 43.4 Å². The van der Waals surface area contributed by atoms with Gasteiger partial charge in [-0.15, -0.1) is 0 Å². The van der Waals surface area contributed by atoms with Crippen molar-refractivity contribution >= 4 is 98.4 Å². The second kappa shape index (κ2) is 24.7. The molecule has 0 radical (unpaired) electrons. The Labute approximate surface area is 371 Å². The molecule has 0 heterocycles. The molecule has 1 aliphatic rings. The van der Waals surface area contributed by atoms with Crippen molar-refractivity contribution in [3.05, 3.63) is 86.4 Å². The van der Waals surface area contributed by atoms with Crippen molar-refractivity contribution in [1.82, 2.24) is 5.32 Å². The normalized spacial score (nSPS) is 14.4. The Morgan fingerprint density at radius 3 is 1.94 bits per heavy atom. The molecule has 3 aromatic rings. The van der Waals surface area contributed by atoms with Gasteiger partial charge in [-0.1, -0.05) is 34.8 Å². The summed E-state index contributed by atoms with van der Waals surface area (Å²) in [5.74, 6) is -6.33. The van der Waals surface area contributed by atoms with Crippen LogP contribution in [-0.2, 0) is 55.4 Å². The molecule has 0 spiro atoms. The van der Waals surface area contributed by atoms with Gasteiger partial charge < -0.3 is 34.0 Å². The second-order valence-electron chi connectivity index (χ2n) is 13.1. The summed E-state index contributed by atoms with van der Waals surface area (Å²) in [6, 6.07) is 9.98. The molecular formula is C37H40Cl3F3NO15PS2. The summed E-state index contributed by atoms with van der Waals surface area (Å²) in [7, 11) is -7.15. The van der Waals surface area contributed by atoms with E-state index in [1.54, 1.807) is 0 Å². The Kier molecular flexibility index (Phi) is 22.3. The second-order valence-corrected chi connectivity index (χ2v) is 20.4. The number of nitrogens with one attached hydrogen (secondary N) is 1. The summed E-state index contributed by atoms with van der Waals surface area (Å²) < 4.78 is 80.9. The summed E-state index contributed by atoms with van der Waals surface area (Å²) in [6.45, 7) is 0.684. The zero-order valence-electron chi connectivity index (χ0n) is 33.2. The highest BCUT2D eigenvalue weighted by molar-refractivity contribution is 7.94. The van der Waals surface area contributed by atoms with Crippen LogP contribution in [0.2, 0.25) is 15.1 Å². The first kappa shape index (κ1) is 56.0. The number of benzene rings is 3. The average molecular weight is 997 g/mol. The number of halogens is 6. The predicted octanol–water partition coefficient (Wildman–Crippen LogP) is 5.96. The number of carboxylic acid groups (broad SMARTS) is 2. The van der Waals surface area contributed by atoms with Gasteiger partial charge in [-0.3, -0.25) is 24.5 Å². The smallest absolute Gasteiger partial charge is 0.416 e. The van der Waals surface area contributed by atoms with Gasteiger partial charge in [0.1, 0.15) is 25.0 Å². The number of rotatable bonds is 12. The number of alkyl halides is 3. The largest absolute Gasteiger partial charge is 0.778 e. The molecule has 2 atom stereocenters. The summed E-state index contributed by atoms with van der Waals surface area (Å²) >= 11 is 17.7. The van der Waals surface area contributed by atoms with Crippen LogP contribution in [0.4, 0.5) is 13.2 Å². The lowest BCUT2D eigenvalue weighted by molar-refractivity contribution is -0.193. The molecule has 16 nitrogen and oxygen atoms in total. The summed E-state index contributed by atoms with van der Waals surface area (Å²) in [5, 5.41) is 18.4. The van der Waals surface area contributed by atoms with Gasteiger partial charge in [0.05, 0.1) is 62.7 Å². The van der Waals surface area contributed by atoms with Crippen molar-refractivity contribution < 1.29 is 84.4 Å². The van der Waals surface area contributed by atoms with E-state index in [2.05, 4.69) is 18.8 Å². The van der Waals surface area contributed by atoms with Crippen molar-refractivity contribution in [1.29, 1.82) is 0 Å². The lowest BCUT2D eigenvalue weighted by Crippen LogP contribution is -2.35. The fraction of sp³-hybridized carbons (Fsp3) is 0.351. The molecule has 4 rings (SSSR count). The first-order chi connectivity index (χ1) is 28.3. The molecule has 0 bridgehead atoms. The van der Waals surface area contributed by atoms with E-state index in [9.17, 15) is 59.8 Å². The molecule has 62 heavy (non-hydrogen) atoms. The SMILES string of the molecule is CS(=O)(=O)c1ccc(C(=O)C2C(=O)CCCC2=O)c(Cl)c1.C[C@H](OC(=O)c1cc(Oc2ccc(C(F)(F)F)cc2Cl)ccc1Cl)C(=O)O.C[S+](C)C.O=C(O)CNCP(=O)([O-])O. The molecule has 0 amide bonds. The quantitative estimate of drug-likeness (QED) is 0.0536. The highest BCUT2D eigenvalue weighted by atomic mass is 35.5. The first-order valence-electron chi connectivity index (χ1n) is 17.2. The molecule has 1 fully saturated rings. The lowest BCUT2D eigenvalue weighted by atomic mass is 9.82. The van der Waals surface area contributed by atoms with E-state index in [1.165, 1.54) is 24.3 Å². The zero-order valence-corrected chi connectivity index (χ0v) is 38.0. The van der Waals surface area contributed by atoms with E-state index < -0.39 is 89.3 Å². The fourth-order valence-corrected chi connectivity index (χ4v) is 6.26. The molecule has 25 heteroatoms. The van der Waals surface area contributed by atoms with E-state index in [4.69, 9.17) is 59.4 Å². The number of Topliss-reactive ketones (excluding diaryl/α,β-unsaturated/α-hetero) is 3. The van der Waals surface area contributed by atoms with Crippen LogP contribution in [0.3, 0.4) is 0 Å². The molecule has 0 aliphatic heterocycles. The number of carbonyl (C=O) groups is 6. The van der Waals surface area contributed by atoms with Crippen LogP contribution in [0, 0.1) is 5.92 Å². The molecule has 3 aromatic carbocycles. The molecular weight excluding hydrogens is 957 g/mol. The van der Waals surface area contributed by atoms with Crippen molar-refractivity contribution in [2.24, 2.45) is 5.92 Å². The Morgan fingerprint density at radius 2 is 1.48 bits per heavy atom. The number of ketones is 3. The minimum Gasteiger partial charge on any atom is -0.778 e. The van der Waals surface area contributed by atoms with Gasteiger partial charge in [-0.2, -0.15) is 13.2 Å². The summed E-state index contributed by atoms with van der Waals surface area (Å²) in [4.78, 5) is 86.4. The third kappa shape index (κ3) is 20.0. The van der Waals surface area contributed by atoms with Crippen LogP contribution in [0.5, 0.6) is 11.5 Å². The van der Waals surface area contributed by atoms with Crippen LogP contribution < -0.4 is 14.9 Å². The number of aliphatic carboxylic acids is 2. The monoisotopic (exact) mass is 995 g/mol. The number of hydrogen-bond donors (Lipinski definition) is 4. The van der Waals surface area contributed by atoms with Crippen molar-refractivity contribution in [3.8, 4) is 11.5 Å². The minimum absolute atomic E-state index is 0.00216. The standard InChI is InChI=1S/C17H11Cl2F3O5.C14H13ClO5S.C3H8NO5P.C3H9S/c1-8(15(23)24)26-16(25)11-7-10(3-4-12(11)18)27-14-5-2-9(6-13(14)19)17(20,21)22;1-21(19,20)8-5-6-9(10(15)7-8)14(18)13-11(16)3-2-4-12(13)17;5-3(6)1-4-2-10(7,8)9;1-4(2)3/h2-8H,1H3,(H,23,24);5-7,13H,2-4H2,1H3;4H,1-2H2,(H,5,6)(H2,7,8,9);1-3H3/q;;;+1/p-1/t8-;;;/m0.../s1. The van der Waals surface area contributed by atoms with Crippen LogP contribution in [0.1, 0.15) is 52.5 Å². The topological polar surface area (TPSA) is 268 Å². The molecule has 4 N–H and O–H groups in total. The van der Waals surface area contributed by atoms with Gasteiger partial charge in [-0.05, 0) is 78.8 Å². The predicted molar refractivity (Wildman–Crippen MR) is 222 cm³/mol. The Morgan fingerprint density at radius 1 is 0.919 bits per heavy atom. The van der Waals surface area contributed by atoms with E-state index in [1.807, 2.05) is 5.32 Å². The van der Waals surface area contributed by atoms with Crippen molar-refractivity contribution in [2.75, 3.05) is 37.9 Å². The first-order valence-corrected chi connectivity index (χ1v) is 24.4. The van der Waals surface area contributed by atoms with Gasteiger partial charge in [0.15, 0.2) is 33.3 Å². The van der Waals surface area contributed by atoms with Gasteiger partial charge in [0.2, 0.25) is 0 Å². The van der Waals surface area contributed by atoms with E-state index in [0.717, 1.165) is 37.4 Å². The number of hydrogen-bond acceptors (Lipinski definition) is 13. The number of ether oxygens (including phenoxy) is 2. The molecule has 0 aromatic heterocycles. The maximum absolute atomic E-state index is 12.7. The third-order valence-electron chi connectivity index (χ3n) is 7.25. The third-order valence-corrected chi connectivity index (χ3v) is 9.92. The number of carboxylic acids is 2. The lowest BCUT2D eigenvalue weighted by Gasteiger charge is -2.18. The summed E-state index contributed by atoms with van der Waals surface area (Å²) in [6.07, 6.45) is 1.79. The van der Waals surface area contributed by atoms with E-state index in [-0.39, 0.29) is 55.4 Å². The van der Waals surface area contributed by atoms with Gasteiger partial charge in [-0.25, -0.2) is 18.0 Å². The summed E-state index contributed by atoms with van der Waals surface area (Å²) in [5.41, 5.74) is -1.12. The highest BCUT2D eigenvalue weighted by Crippen LogP contribution is 2.37. The highest BCUT2D eigenvalue weighted by Gasteiger charge is 2.37. The Bertz CT molecular complexity index is 2270. The van der Waals surface area contributed by atoms with Crippen molar-refractivity contribution in [3.63, 3.8) is 0 Å². The number of sulfone groups is 1. The molecule has 342 valence electrons. The van der Waals surface area contributed by atoms with Gasteiger partial charge in [0.25, 0.3) is 0 Å². The minimum atomic E-state index is -4.56.